The fraction of sp³-hybridized carbons (Fsp3) is 0.344. The Kier molecular flexibility index (Phi) is 7.22. The van der Waals surface area contributed by atoms with Crippen LogP contribution in [0.2, 0.25) is 5.02 Å². The summed E-state index contributed by atoms with van der Waals surface area (Å²) in [6, 6.07) is 12.6. The molecule has 0 aliphatic heterocycles. The summed E-state index contributed by atoms with van der Waals surface area (Å²) >= 11 is 6.87. The maximum atomic E-state index is 6.87. The summed E-state index contributed by atoms with van der Waals surface area (Å²) in [6.45, 7) is 7.21. The van der Waals surface area contributed by atoms with Crippen molar-refractivity contribution in [3.63, 3.8) is 0 Å². The van der Waals surface area contributed by atoms with Gasteiger partial charge < -0.3 is 19.4 Å². The first-order valence-corrected chi connectivity index (χ1v) is 15.1. The van der Waals surface area contributed by atoms with E-state index in [-0.39, 0.29) is 17.6 Å². The van der Waals surface area contributed by atoms with Crippen LogP contribution in [0.25, 0.3) is 16.7 Å². The van der Waals surface area contributed by atoms with Crippen LogP contribution < -0.4 is 10.1 Å². The van der Waals surface area contributed by atoms with E-state index in [1.807, 2.05) is 29.8 Å². The van der Waals surface area contributed by atoms with Gasteiger partial charge in [0.05, 0.1) is 37.3 Å². The first-order chi connectivity index (χ1) is 21.3. The van der Waals surface area contributed by atoms with Crippen molar-refractivity contribution < 1.29 is 9.47 Å². The summed E-state index contributed by atoms with van der Waals surface area (Å²) in [6.07, 6.45) is 11.5. The molecule has 226 valence electrons. The zero-order chi connectivity index (χ0) is 30.4. The van der Waals surface area contributed by atoms with Gasteiger partial charge in [-0.3, -0.25) is 9.67 Å². The Morgan fingerprint density at radius 2 is 1.91 bits per heavy atom. The Morgan fingerprint density at radius 1 is 1.07 bits per heavy atom. The van der Waals surface area contributed by atoms with Gasteiger partial charge >= 0.3 is 0 Å². The highest BCUT2D eigenvalue weighted by Gasteiger charge is 2.34. The number of hydrogen-bond acceptors (Lipinski definition) is 8. The highest BCUT2D eigenvalue weighted by Crippen LogP contribution is 2.39. The number of nitrogens with one attached hydrogen (secondary N) is 1. The van der Waals surface area contributed by atoms with Gasteiger partial charge in [-0.2, -0.15) is 15.2 Å². The lowest BCUT2D eigenvalue weighted by Gasteiger charge is -2.27. The van der Waals surface area contributed by atoms with E-state index in [2.05, 4.69) is 64.0 Å². The van der Waals surface area contributed by atoms with Gasteiger partial charge in [-0.25, -0.2) is 9.50 Å². The second-order valence-corrected chi connectivity index (χ2v) is 12.6. The molecule has 6 aromatic rings. The molecule has 0 amide bonds. The van der Waals surface area contributed by atoms with Crippen molar-refractivity contribution in [2.45, 2.75) is 64.2 Å². The van der Waals surface area contributed by atoms with E-state index in [4.69, 9.17) is 31.2 Å². The Hall–Kier alpha value is -4.48. The number of anilines is 2. The molecule has 12 heteroatoms. The Morgan fingerprint density at radius 3 is 2.73 bits per heavy atom. The Labute approximate surface area is 259 Å². The molecule has 0 saturated heterocycles. The molecule has 0 spiro atoms. The average Bonchev–Trinajstić information content (AvgIpc) is 3.80. The number of aryl methyl sites for hydroxylation is 1. The van der Waals surface area contributed by atoms with Gasteiger partial charge in [0.15, 0.2) is 23.0 Å². The molecular weight excluding hydrogens is 578 g/mol. The summed E-state index contributed by atoms with van der Waals surface area (Å²) in [5, 5.41) is 13.2. The molecule has 2 atom stereocenters. The third-order valence-corrected chi connectivity index (χ3v) is 8.46. The van der Waals surface area contributed by atoms with Crippen molar-refractivity contribution in [3.05, 3.63) is 83.7 Å². The molecule has 44 heavy (non-hydrogen) atoms. The monoisotopic (exact) mass is 611 g/mol. The predicted octanol–water partition coefficient (Wildman–Crippen LogP) is 7.00. The fourth-order valence-corrected chi connectivity index (χ4v) is 6.15. The van der Waals surface area contributed by atoms with Gasteiger partial charge in [-0.05, 0) is 24.8 Å². The number of fused-ring (bicyclic) bond motifs is 2. The largest absolute Gasteiger partial charge is 0.450 e. The van der Waals surface area contributed by atoms with Crippen LogP contribution in [-0.2, 0) is 23.8 Å². The van der Waals surface area contributed by atoms with Crippen molar-refractivity contribution in [1.82, 2.24) is 38.9 Å². The first kappa shape index (κ1) is 28.3. The van der Waals surface area contributed by atoms with Crippen molar-refractivity contribution in [2.75, 3.05) is 5.32 Å². The third kappa shape index (κ3) is 5.26. The smallest absolute Gasteiger partial charge is 0.210 e. The lowest BCUT2D eigenvalue weighted by molar-refractivity contribution is 0.0154. The molecule has 0 bridgehead atoms. The molecule has 0 radical (unpaired) electrons. The second-order valence-electron chi connectivity index (χ2n) is 12.2. The van der Waals surface area contributed by atoms with Crippen LogP contribution in [0.4, 0.5) is 11.8 Å². The third-order valence-electron chi connectivity index (χ3n) is 8.10. The van der Waals surface area contributed by atoms with E-state index in [9.17, 15) is 0 Å². The van der Waals surface area contributed by atoms with Gasteiger partial charge in [-0.1, -0.05) is 62.7 Å². The predicted molar refractivity (Wildman–Crippen MR) is 169 cm³/mol. The molecule has 7 rings (SSSR count). The van der Waals surface area contributed by atoms with E-state index in [0.29, 0.717) is 46.1 Å². The molecular formula is C32H34ClN9O2. The fourth-order valence-electron chi connectivity index (χ4n) is 5.85. The van der Waals surface area contributed by atoms with Gasteiger partial charge in [-0.15, -0.1) is 0 Å². The number of nitrogens with zero attached hydrogens (tertiary/aromatic N) is 8. The standard InChI is InChI=1S/C32H34ClN9O2/c1-32(2,3)26-15-27(39-42(26)21-11-8-12-23(21)43-19-20-9-6-5-7-10-20)37-31-38-30-29(40(31)4)28(33)25(17-35-30)44-24-18-36-41-14-13-34-16-22(24)41/h5-7,9-10,13-18,21,23H,8,11-12,19H2,1-4H3,(H,35,37,38,39)/t21-,23-/m1/s1. The molecule has 1 aromatic carbocycles. The minimum absolute atomic E-state index is 0.0881. The zero-order valence-electron chi connectivity index (χ0n) is 25.1. The summed E-state index contributed by atoms with van der Waals surface area (Å²) in [5.41, 5.74) is 4.04. The maximum Gasteiger partial charge on any atom is 0.210 e. The number of pyridine rings is 1. The van der Waals surface area contributed by atoms with Crippen molar-refractivity contribution in [2.24, 2.45) is 7.05 Å². The van der Waals surface area contributed by atoms with Gasteiger partial charge in [0.25, 0.3) is 0 Å². The van der Waals surface area contributed by atoms with E-state index >= 15 is 0 Å². The second kappa shape index (κ2) is 11.2. The van der Waals surface area contributed by atoms with E-state index in [1.54, 1.807) is 35.5 Å². The molecule has 1 aliphatic rings. The number of benzene rings is 1. The molecule has 5 aromatic heterocycles. The van der Waals surface area contributed by atoms with E-state index in [1.165, 1.54) is 5.56 Å². The Balaban J connectivity index is 1.16. The quantitative estimate of drug-likeness (QED) is 0.196. The normalized spacial score (nSPS) is 17.1. The van der Waals surface area contributed by atoms with Crippen LogP contribution >= 0.6 is 11.6 Å². The number of aromatic nitrogens is 8. The zero-order valence-corrected chi connectivity index (χ0v) is 25.9. The number of imidazole rings is 1. The molecule has 1 aliphatic carbocycles. The number of rotatable bonds is 8. The van der Waals surface area contributed by atoms with Crippen LogP contribution in [0.3, 0.4) is 0 Å². The Bertz CT molecular complexity index is 1940. The minimum atomic E-state index is -0.128. The molecule has 1 fully saturated rings. The van der Waals surface area contributed by atoms with Crippen LogP contribution in [0.5, 0.6) is 11.5 Å². The summed E-state index contributed by atoms with van der Waals surface area (Å²) in [4.78, 5) is 13.4. The highest BCUT2D eigenvalue weighted by molar-refractivity contribution is 6.36. The average molecular weight is 612 g/mol. The van der Waals surface area contributed by atoms with Crippen LogP contribution in [-0.4, -0.2) is 45.0 Å². The summed E-state index contributed by atoms with van der Waals surface area (Å²) in [5.74, 6) is 2.20. The lowest BCUT2D eigenvalue weighted by atomic mass is 9.91. The van der Waals surface area contributed by atoms with Crippen LogP contribution in [0, 0.1) is 0 Å². The SMILES string of the molecule is Cn1c(Nc2cc(C(C)(C)C)n([C@@H]3CCC[C@H]3OCc3ccccc3)n2)nc2ncc(Oc3cnn4ccncc34)c(Cl)c21. The molecule has 1 N–H and O–H groups in total. The van der Waals surface area contributed by atoms with Crippen molar-refractivity contribution in [3.8, 4) is 11.5 Å². The first-order valence-electron chi connectivity index (χ1n) is 14.7. The number of ether oxygens (including phenoxy) is 2. The lowest BCUT2D eigenvalue weighted by Crippen LogP contribution is -2.28. The molecule has 0 unspecified atom stereocenters. The number of halogens is 1. The van der Waals surface area contributed by atoms with Crippen LogP contribution in [0.1, 0.15) is 57.3 Å². The molecule has 1 saturated carbocycles. The van der Waals surface area contributed by atoms with Crippen LogP contribution in [0.15, 0.2) is 67.4 Å². The van der Waals surface area contributed by atoms with Crippen molar-refractivity contribution in [1.29, 1.82) is 0 Å². The van der Waals surface area contributed by atoms with Gasteiger partial charge in [0.1, 0.15) is 16.1 Å². The number of hydrogen-bond donors (Lipinski definition) is 1. The molecule has 11 nitrogen and oxygen atoms in total. The minimum Gasteiger partial charge on any atom is -0.450 e. The van der Waals surface area contributed by atoms with E-state index < -0.39 is 0 Å². The maximum absolute atomic E-state index is 6.87. The summed E-state index contributed by atoms with van der Waals surface area (Å²) < 4.78 is 18.3. The van der Waals surface area contributed by atoms with Gasteiger partial charge in [0.2, 0.25) is 5.95 Å². The van der Waals surface area contributed by atoms with Gasteiger partial charge in [0, 0.05) is 36.6 Å². The topological polar surface area (TPSA) is 109 Å². The van der Waals surface area contributed by atoms with E-state index in [0.717, 1.165) is 30.5 Å². The summed E-state index contributed by atoms with van der Waals surface area (Å²) in [7, 11) is 1.89. The highest BCUT2D eigenvalue weighted by atomic mass is 35.5. The van der Waals surface area contributed by atoms with Crippen molar-refractivity contribution >= 4 is 40.0 Å². The molecule has 5 heterocycles.